The molecule has 0 radical (unpaired) electrons. The number of anilines is 1. The van der Waals surface area contributed by atoms with Gasteiger partial charge >= 0.3 is 0 Å². The molecule has 0 aliphatic heterocycles. The van der Waals surface area contributed by atoms with E-state index in [4.69, 9.17) is 9.40 Å². The van der Waals surface area contributed by atoms with Crippen molar-refractivity contribution in [1.29, 1.82) is 0 Å². The van der Waals surface area contributed by atoms with Gasteiger partial charge in [-0.2, -0.15) is 0 Å². The van der Waals surface area contributed by atoms with Gasteiger partial charge in [-0.05, 0) is 60.0 Å². The van der Waals surface area contributed by atoms with Crippen molar-refractivity contribution >= 4 is 54.0 Å². The Labute approximate surface area is 239 Å². The summed E-state index contributed by atoms with van der Waals surface area (Å²) in [6, 6.07) is 24.7. The zero-order chi connectivity index (χ0) is 28.9. The quantitative estimate of drug-likeness (QED) is 0.229. The molecule has 6 rings (SSSR count). The van der Waals surface area contributed by atoms with Crippen LogP contribution in [0.2, 0.25) is 0 Å². The van der Waals surface area contributed by atoms with Gasteiger partial charge in [0.15, 0.2) is 0 Å². The number of furan rings is 1. The van der Waals surface area contributed by atoms with Crippen LogP contribution in [0.5, 0.6) is 0 Å². The molecule has 41 heavy (non-hydrogen) atoms. The summed E-state index contributed by atoms with van der Waals surface area (Å²) in [6.45, 7) is 0. The number of benzene rings is 3. The van der Waals surface area contributed by atoms with Crippen molar-refractivity contribution in [2.45, 2.75) is 0 Å². The van der Waals surface area contributed by atoms with E-state index in [1.807, 2.05) is 30.3 Å². The van der Waals surface area contributed by atoms with Crippen LogP contribution in [0.1, 0.15) is 10.4 Å². The predicted octanol–water partition coefficient (Wildman–Crippen LogP) is 6.94. The SMILES string of the molecule is CNC(=O)c1c(-c2ccc(F)cc2)oc2cc(N(C)S(C)(=O)=O)c(-c3cccc(-c4cc5ccccc5s4)n3)cc12. The maximum absolute atomic E-state index is 13.7. The Kier molecular flexibility index (Phi) is 6.59. The second kappa shape index (κ2) is 10.1. The summed E-state index contributed by atoms with van der Waals surface area (Å²) in [5.74, 6) is -0.572. The summed E-state index contributed by atoms with van der Waals surface area (Å²) in [4.78, 5) is 19.0. The van der Waals surface area contributed by atoms with E-state index in [0.717, 1.165) is 31.2 Å². The number of carbonyl (C=O) groups is 1. The fourth-order valence-electron chi connectivity index (χ4n) is 4.76. The van der Waals surface area contributed by atoms with Gasteiger partial charge in [-0.1, -0.05) is 24.3 Å². The lowest BCUT2D eigenvalue weighted by molar-refractivity contribution is 0.0964. The molecule has 0 bridgehead atoms. The van der Waals surface area contributed by atoms with Gasteiger partial charge in [0.25, 0.3) is 5.91 Å². The van der Waals surface area contributed by atoms with E-state index in [2.05, 4.69) is 17.4 Å². The average Bonchev–Trinajstić information content (AvgIpc) is 3.57. The third-order valence-corrected chi connectivity index (χ3v) is 9.24. The highest BCUT2D eigenvalue weighted by Crippen LogP contribution is 2.41. The lowest BCUT2D eigenvalue weighted by Gasteiger charge is -2.20. The largest absolute Gasteiger partial charge is 0.455 e. The lowest BCUT2D eigenvalue weighted by Crippen LogP contribution is -2.25. The van der Waals surface area contributed by atoms with Gasteiger partial charge in [-0.15, -0.1) is 11.3 Å². The minimum absolute atomic E-state index is 0.247. The Bertz CT molecular complexity index is 2030. The van der Waals surface area contributed by atoms with Crippen molar-refractivity contribution in [3.8, 4) is 33.2 Å². The minimum Gasteiger partial charge on any atom is -0.455 e. The third kappa shape index (κ3) is 4.85. The lowest BCUT2D eigenvalue weighted by atomic mass is 10.0. The molecule has 10 heteroatoms. The number of hydrogen-bond acceptors (Lipinski definition) is 6. The van der Waals surface area contributed by atoms with Gasteiger partial charge in [-0.3, -0.25) is 9.10 Å². The van der Waals surface area contributed by atoms with Gasteiger partial charge in [0.05, 0.1) is 33.8 Å². The molecule has 6 aromatic rings. The average molecular weight is 586 g/mol. The summed E-state index contributed by atoms with van der Waals surface area (Å²) in [6.07, 6.45) is 1.12. The molecule has 3 aromatic carbocycles. The van der Waals surface area contributed by atoms with E-state index < -0.39 is 21.7 Å². The highest BCUT2D eigenvalue weighted by Gasteiger charge is 2.26. The topological polar surface area (TPSA) is 92.5 Å². The van der Waals surface area contributed by atoms with Crippen molar-refractivity contribution in [1.82, 2.24) is 10.3 Å². The number of nitrogens with zero attached hydrogens (tertiary/aromatic N) is 2. The molecular weight excluding hydrogens is 561 g/mol. The van der Waals surface area contributed by atoms with Crippen LogP contribution in [0.4, 0.5) is 10.1 Å². The number of halogens is 1. The number of nitrogens with one attached hydrogen (secondary N) is 1. The van der Waals surface area contributed by atoms with Crippen LogP contribution in [0.15, 0.2) is 89.3 Å². The molecule has 206 valence electrons. The van der Waals surface area contributed by atoms with Gasteiger partial charge in [0.1, 0.15) is 17.2 Å². The molecule has 0 spiro atoms. The second-order valence-electron chi connectivity index (χ2n) is 9.54. The normalized spacial score (nSPS) is 11.7. The van der Waals surface area contributed by atoms with Crippen LogP contribution < -0.4 is 9.62 Å². The second-order valence-corrected chi connectivity index (χ2v) is 12.6. The van der Waals surface area contributed by atoms with E-state index in [-0.39, 0.29) is 11.3 Å². The smallest absolute Gasteiger partial charge is 0.255 e. The zero-order valence-electron chi connectivity index (χ0n) is 22.3. The maximum atomic E-state index is 13.7. The molecule has 0 saturated carbocycles. The molecule has 3 heterocycles. The third-order valence-electron chi connectivity index (χ3n) is 6.91. The van der Waals surface area contributed by atoms with Crippen LogP contribution >= 0.6 is 11.3 Å². The number of amides is 1. The number of hydrogen-bond donors (Lipinski definition) is 1. The van der Waals surface area contributed by atoms with Gasteiger partial charge in [0, 0.05) is 41.4 Å². The molecule has 3 aromatic heterocycles. The van der Waals surface area contributed by atoms with Crippen molar-refractivity contribution in [2.75, 3.05) is 24.7 Å². The standard InChI is InChI=1S/C31H24FN3O4S2/c1-33-31(36)29-22-16-21(23-8-6-9-24(34-23)28-15-19-7-4-5-10-27(19)40-28)25(35(2)41(3,37)38)17-26(22)39-30(29)18-11-13-20(32)14-12-18/h4-17H,1-3H3,(H,33,36). The Hall–Kier alpha value is -4.54. The molecule has 0 fully saturated rings. The van der Waals surface area contributed by atoms with Gasteiger partial charge in [0.2, 0.25) is 10.0 Å². The number of carbonyl (C=O) groups excluding carboxylic acids is 1. The van der Waals surface area contributed by atoms with E-state index in [9.17, 15) is 17.6 Å². The Balaban J connectivity index is 1.61. The predicted molar refractivity (Wildman–Crippen MR) is 162 cm³/mol. The highest BCUT2D eigenvalue weighted by molar-refractivity contribution is 7.92. The Morgan fingerprint density at radius 3 is 2.41 bits per heavy atom. The molecule has 7 nitrogen and oxygen atoms in total. The number of sulfonamides is 1. The zero-order valence-corrected chi connectivity index (χ0v) is 23.9. The number of pyridine rings is 1. The van der Waals surface area contributed by atoms with Crippen LogP contribution in [0.3, 0.4) is 0 Å². The molecule has 0 atom stereocenters. The highest BCUT2D eigenvalue weighted by atomic mass is 32.2. The van der Waals surface area contributed by atoms with E-state index in [0.29, 0.717) is 33.5 Å². The molecule has 0 unspecified atom stereocenters. The summed E-state index contributed by atoms with van der Waals surface area (Å²) in [7, 11) is -0.701. The Morgan fingerprint density at radius 1 is 0.976 bits per heavy atom. The summed E-state index contributed by atoms with van der Waals surface area (Å²) >= 11 is 1.62. The van der Waals surface area contributed by atoms with Crippen LogP contribution in [0, 0.1) is 5.82 Å². The van der Waals surface area contributed by atoms with Crippen molar-refractivity contribution < 1.29 is 22.0 Å². The molecule has 0 aliphatic rings. The summed E-state index contributed by atoms with van der Waals surface area (Å²) < 4.78 is 47.5. The molecule has 1 N–H and O–H groups in total. The first-order valence-electron chi connectivity index (χ1n) is 12.6. The molecule has 1 amide bonds. The Morgan fingerprint density at radius 2 is 1.71 bits per heavy atom. The first-order chi connectivity index (χ1) is 19.6. The number of rotatable bonds is 6. The minimum atomic E-state index is -3.67. The maximum Gasteiger partial charge on any atom is 0.255 e. The molecule has 0 saturated heterocycles. The monoisotopic (exact) mass is 585 g/mol. The molecular formula is C31H24FN3O4S2. The van der Waals surface area contributed by atoms with Crippen molar-refractivity contribution in [3.05, 3.63) is 96.3 Å². The van der Waals surface area contributed by atoms with Crippen LogP contribution in [0.25, 0.3) is 54.2 Å². The van der Waals surface area contributed by atoms with Gasteiger partial charge < -0.3 is 9.73 Å². The fraction of sp³-hybridized carbons (Fsp3) is 0.0968. The fourth-order valence-corrected chi connectivity index (χ4v) is 6.30. The number of aromatic nitrogens is 1. The van der Waals surface area contributed by atoms with Crippen LogP contribution in [-0.2, 0) is 10.0 Å². The molecule has 0 aliphatic carbocycles. The van der Waals surface area contributed by atoms with E-state index in [1.54, 1.807) is 29.5 Å². The first-order valence-corrected chi connectivity index (χ1v) is 15.3. The van der Waals surface area contributed by atoms with Crippen molar-refractivity contribution in [3.63, 3.8) is 0 Å². The van der Waals surface area contributed by atoms with Gasteiger partial charge in [-0.25, -0.2) is 17.8 Å². The first kappa shape index (κ1) is 26.7. The number of fused-ring (bicyclic) bond motifs is 2. The summed E-state index contributed by atoms with van der Waals surface area (Å²) in [5.41, 5.74) is 3.17. The van der Waals surface area contributed by atoms with E-state index >= 15 is 0 Å². The summed E-state index contributed by atoms with van der Waals surface area (Å²) in [5, 5.41) is 4.23. The van der Waals surface area contributed by atoms with Crippen molar-refractivity contribution in [2.24, 2.45) is 0 Å². The van der Waals surface area contributed by atoms with E-state index in [1.165, 1.54) is 38.4 Å². The number of thiophene rings is 1. The van der Waals surface area contributed by atoms with Crippen LogP contribution in [-0.4, -0.2) is 39.7 Å².